The molecule has 0 aromatic carbocycles. The second kappa shape index (κ2) is 7.39. The zero-order valence-electron chi connectivity index (χ0n) is 8.99. The molecule has 0 radical (unpaired) electrons. The van der Waals surface area contributed by atoms with Gasteiger partial charge in [-0.1, -0.05) is 13.8 Å². The van der Waals surface area contributed by atoms with Gasteiger partial charge in [-0.15, -0.1) is 0 Å². The number of nitrogens with one attached hydrogen (secondary N) is 1. The Hall–Kier alpha value is -0.910. The molecule has 5 nitrogen and oxygen atoms in total. The summed E-state index contributed by atoms with van der Waals surface area (Å²) >= 11 is 0. The van der Waals surface area contributed by atoms with Crippen LogP contribution in [0.5, 0.6) is 0 Å². The largest absolute Gasteiger partial charge is 0.481 e. The molecule has 0 saturated heterocycles. The summed E-state index contributed by atoms with van der Waals surface area (Å²) in [4.78, 5) is 21.5. The molecule has 0 saturated carbocycles. The molecule has 0 aliphatic carbocycles. The van der Waals surface area contributed by atoms with E-state index in [4.69, 9.17) is 5.11 Å². The zero-order chi connectivity index (χ0) is 11.8. The van der Waals surface area contributed by atoms with Gasteiger partial charge in [0.1, 0.15) is 5.75 Å². The quantitative estimate of drug-likeness (QED) is 0.656. The van der Waals surface area contributed by atoms with Gasteiger partial charge < -0.3 is 10.4 Å². The monoisotopic (exact) mass is 235 g/mol. The van der Waals surface area contributed by atoms with Crippen molar-refractivity contribution in [2.45, 2.75) is 31.9 Å². The lowest BCUT2D eigenvalue weighted by Crippen LogP contribution is -2.31. The van der Waals surface area contributed by atoms with Gasteiger partial charge in [0.25, 0.3) is 0 Å². The topological polar surface area (TPSA) is 83.5 Å². The lowest BCUT2D eigenvalue weighted by Gasteiger charge is -2.08. The van der Waals surface area contributed by atoms with Gasteiger partial charge >= 0.3 is 5.97 Å². The van der Waals surface area contributed by atoms with Crippen LogP contribution in [0.1, 0.15) is 26.7 Å². The van der Waals surface area contributed by atoms with Crippen molar-refractivity contribution in [1.82, 2.24) is 5.32 Å². The molecule has 0 fully saturated rings. The molecule has 0 aliphatic heterocycles. The highest BCUT2D eigenvalue weighted by molar-refractivity contribution is 7.86. The van der Waals surface area contributed by atoms with Crippen LogP contribution in [0.25, 0.3) is 0 Å². The third kappa shape index (κ3) is 7.07. The van der Waals surface area contributed by atoms with E-state index >= 15 is 0 Å². The van der Waals surface area contributed by atoms with Gasteiger partial charge in [-0.3, -0.25) is 13.8 Å². The Bertz CT molecular complexity index is 254. The summed E-state index contributed by atoms with van der Waals surface area (Å²) in [6.07, 6.45) is 0.650. The molecule has 1 amide bonds. The summed E-state index contributed by atoms with van der Waals surface area (Å²) in [6, 6.07) is 0. The lowest BCUT2D eigenvalue weighted by molar-refractivity contribution is -0.137. The van der Waals surface area contributed by atoms with Crippen LogP contribution < -0.4 is 5.32 Å². The predicted molar refractivity (Wildman–Crippen MR) is 58.0 cm³/mol. The third-order valence-corrected chi connectivity index (χ3v) is 3.37. The molecule has 0 aliphatic rings. The molecule has 2 unspecified atom stereocenters. The first kappa shape index (κ1) is 14.1. The third-order valence-electron chi connectivity index (χ3n) is 1.76. The second-order valence-electron chi connectivity index (χ2n) is 3.28. The van der Waals surface area contributed by atoms with Gasteiger partial charge in [0.2, 0.25) is 5.91 Å². The Kier molecular flexibility index (Phi) is 6.94. The van der Waals surface area contributed by atoms with Crippen molar-refractivity contribution >= 4 is 22.7 Å². The molecule has 88 valence electrons. The maximum atomic E-state index is 11.4. The molecule has 0 aromatic heterocycles. The van der Waals surface area contributed by atoms with E-state index in [1.807, 2.05) is 6.92 Å². The molecule has 2 N–H and O–H groups in total. The fraction of sp³-hybridized carbons (Fsp3) is 0.778. The Morgan fingerprint density at radius 3 is 2.53 bits per heavy atom. The normalized spacial score (nSPS) is 14.3. The van der Waals surface area contributed by atoms with Crippen LogP contribution in [0.15, 0.2) is 0 Å². The van der Waals surface area contributed by atoms with Gasteiger partial charge in [-0.25, -0.2) is 0 Å². The van der Waals surface area contributed by atoms with E-state index in [-0.39, 0.29) is 18.1 Å². The Morgan fingerprint density at radius 2 is 2.07 bits per heavy atom. The number of aliphatic carboxylic acids is 1. The van der Waals surface area contributed by atoms with Crippen LogP contribution in [0, 0.1) is 0 Å². The van der Waals surface area contributed by atoms with Crippen molar-refractivity contribution in [2.24, 2.45) is 0 Å². The van der Waals surface area contributed by atoms with Crippen LogP contribution >= 0.6 is 0 Å². The van der Waals surface area contributed by atoms with E-state index < -0.39 is 22.0 Å². The smallest absolute Gasteiger partial charge is 0.304 e. The maximum Gasteiger partial charge on any atom is 0.304 e. The molecule has 6 heteroatoms. The summed E-state index contributed by atoms with van der Waals surface area (Å²) in [5, 5.41) is 10.6. The summed E-state index contributed by atoms with van der Waals surface area (Å²) in [7, 11) is -1.41. The number of carboxylic acid groups (broad SMARTS) is 1. The molecule has 15 heavy (non-hydrogen) atoms. The molecule has 2 atom stereocenters. The zero-order valence-corrected chi connectivity index (χ0v) is 9.80. The van der Waals surface area contributed by atoms with Crippen molar-refractivity contribution in [3.8, 4) is 0 Å². The SMILES string of the molecule is CCCNC(=O)CS(=O)C(C)CC(=O)O. The number of carbonyl (C=O) groups excluding carboxylic acids is 1. The van der Waals surface area contributed by atoms with Crippen molar-refractivity contribution in [3.63, 3.8) is 0 Å². The molecule has 0 rings (SSSR count). The minimum Gasteiger partial charge on any atom is -0.481 e. The van der Waals surface area contributed by atoms with Crippen LogP contribution in [0.4, 0.5) is 0 Å². The van der Waals surface area contributed by atoms with E-state index in [1.54, 1.807) is 6.92 Å². The Labute approximate surface area is 91.7 Å². The van der Waals surface area contributed by atoms with Crippen LogP contribution in [-0.2, 0) is 20.4 Å². The Morgan fingerprint density at radius 1 is 1.47 bits per heavy atom. The first-order valence-electron chi connectivity index (χ1n) is 4.83. The fourth-order valence-corrected chi connectivity index (χ4v) is 1.90. The van der Waals surface area contributed by atoms with Gasteiger partial charge in [-0.2, -0.15) is 0 Å². The standard InChI is InChI=1S/C9H17NO4S/c1-3-4-10-8(11)6-15(14)7(2)5-9(12)13/h7H,3-6H2,1-2H3,(H,10,11)(H,12,13). The van der Waals surface area contributed by atoms with Crippen LogP contribution in [0.2, 0.25) is 0 Å². The highest BCUT2D eigenvalue weighted by Crippen LogP contribution is 2.01. The molecule has 0 heterocycles. The molecule has 0 spiro atoms. The first-order chi connectivity index (χ1) is 6.97. The van der Waals surface area contributed by atoms with E-state index in [0.717, 1.165) is 6.42 Å². The number of rotatable bonds is 7. The second-order valence-corrected chi connectivity index (χ2v) is 5.14. The lowest BCUT2D eigenvalue weighted by atomic mass is 10.3. The van der Waals surface area contributed by atoms with Gasteiger partial charge in [-0.05, 0) is 6.42 Å². The predicted octanol–water partition coefficient (Wildman–Crippen LogP) is 0.124. The van der Waals surface area contributed by atoms with Crippen molar-refractivity contribution in [1.29, 1.82) is 0 Å². The van der Waals surface area contributed by atoms with Crippen LogP contribution in [-0.4, -0.2) is 38.7 Å². The number of hydrogen-bond acceptors (Lipinski definition) is 3. The van der Waals surface area contributed by atoms with E-state index in [9.17, 15) is 13.8 Å². The van der Waals surface area contributed by atoms with Gasteiger partial charge in [0.05, 0.1) is 6.42 Å². The van der Waals surface area contributed by atoms with Crippen LogP contribution in [0.3, 0.4) is 0 Å². The highest BCUT2D eigenvalue weighted by Gasteiger charge is 2.17. The molecular weight excluding hydrogens is 218 g/mol. The minimum atomic E-state index is -1.41. The average molecular weight is 235 g/mol. The van der Waals surface area contributed by atoms with E-state index in [2.05, 4.69) is 5.32 Å². The summed E-state index contributed by atoms with van der Waals surface area (Å²) in [5.74, 6) is -1.40. The maximum absolute atomic E-state index is 11.4. The summed E-state index contributed by atoms with van der Waals surface area (Å²) < 4.78 is 11.4. The fourth-order valence-electron chi connectivity index (χ4n) is 0.926. The number of carboxylic acids is 1. The Balaban J connectivity index is 3.90. The number of amides is 1. The molecular formula is C9H17NO4S. The van der Waals surface area contributed by atoms with E-state index in [1.165, 1.54) is 0 Å². The summed E-state index contributed by atoms with van der Waals surface area (Å²) in [5.41, 5.74) is 0. The first-order valence-corrected chi connectivity index (χ1v) is 6.21. The number of carbonyl (C=O) groups is 2. The highest BCUT2D eigenvalue weighted by atomic mass is 32.2. The van der Waals surface area contributed by atoms with Crippen molar-refractivity contribution < 1.29 is 18.9 Å². The van der Waals surface area contributed by atoms with E-state index in [0.29, 0.717) is 6.54 Å². The molecule has 0 bridgehead atoms. The van der Waals surface area contributed by atoms with Crippen molar-refractivity contribution in [2.75, 3.05) is 12.3 Å². The summed E-state index contributed by atoms with van der Waals surface area (Å²) in [6.45, 7) is 4.05. The average Bonchev–Trinajstić information content (AvgIpc) is 2.13. The van der Waals surface area contributed by atoms with Gasteiger partial charge in [0.15, 0.2) is 0 Å². The number of hydrogen-bond donors (Lipinski definition) is 2. The minimum absolute atomic E-state index is 0.117. The van der Waals surface area contributed by atoms with Gasteiger partial charge in [0, 0.05) is 22.6 Å². The van der Waals surface area contributed by atoms with Crippen molar-refractivity contribution in [3.05, 3.63) is 0 Å². The molecule has 0 aromatic rings.